The van der Waals surface area contributed by atoms with Crippen LogP contribution < -0.4 is 10.3 Å². The topological polar surface area (TPSA) is 79.6 Å². The van der Waals surface area contributed by atoms with Crippen molar-refractivity contribution in [2.45, 2.75) is 56.7 Å². The molecule has 0 amide bonds. The maximum absolute atomic E-state index is 12.9. The third kappa shape index (κ3) is 3.40. The molecule has 0 saturated heterocycles. The van der Waals surface area contributed by atoms with Gasteiger partial charge in [0, 0.05) is 0 Å². The highest BCUT2D eigenvalue weighted by Crippen LogP contribution is 2.46. The lowest BCUT2D eigenvalue weighted by Gasteiger charge is -2.23. The number of H-pyrrole nitrogens is 1. The number of hydrogen-bond acceptors (Lipinski definition) is 5. The van der Waals surface area contributed by atoms with Gasteiger partial charge in [0.05, 0.1) is 29.0 Å². The Bertz CT molecular complexity index is 923. The molecule has 2 heterocycles. The van der Waals surface area contributed by atoms with Crippen LogP contribution in [0.5, 0.6) is 11.5 Å². The van der Waals surface area contributed by atoms with Crippen LogP contribution >= 0.6 is 11.8 Å². The molecule has 4 rings (SSSR count). The molecule has 2 aliphatic rings. The molecule has 1 atom stereocenters. The number of methoxy groups -OCH3 is 1. The molecule has 1 fully saturated rings. The molecule has 1 aromatic heterocycles. The number of hydrogen-bond donors (Lipinski definition) is 2. The molecule has 0 spiro atoms. The predicted octanol–water partition coefficient (Wildman–Crippen LogP) is 4.67. The van der Waals surface area contributed by atoms with Gasteiger partial charge in [0.1, 0.15) is 0 Å². The Hall–Kier alpha value is -2.15. The predicted molar refractivity (Wildman–Crippen MR) is 109 cm³/mol. The van der Waals surface area contributed by atoms with Gasteiger partial charge in [-0.05, 0) is 37.5 Å². The highest BCUT2D eigenvalue weighted by atomic mass is 32.2. The van der Waals surface area contributed by atoms with Crippen molar-refractivity contribution in [1.82, 2.24) is 9.78 Å². The van der Waals surface area contributed by atoms with E-state index in [0.717, 1.165) is 29.3 Å². The van der Waals surface area contributed by atoms with Gasteiger partial charge < -0.3 is 9.84 Å². The first-order valence-corrected chi connectivity index (χ1v) is 10.4. The van der Waals surface area contributed by atoms with E-state index in [1.807, 2.05) is 17.7 Å². The van der Waals surface area contributed by atoms with Crippen LogP contribution in [-0.2, 0) is 0 Å². The van der Waals surface area contributed by atoms with Crippen LogP contribution in [-0.4, -0.2) is 27.0 Å². The number of phenolic OH excluding ortho intramolecular Hbond substituents is 1. The number of aliphatic imine (C=N–C) groups is 1. The van der Waals surface area contributed by atoms with Crippen LogP contribution in [0.4, 0.5) is 5.82 Å². The fourth-order valence-corrected chi connectivity index (χ4v) is 5.17. The van der Waals surface area contributed by atoms with Gasteiger partial charge in [0.2, 0.25) is 0 Å². The van der Waals surface area contributed by atoms with Gasteiger partial charge in [-0.15, -0.1) is 0 Å². The number of aromatic amines is 1. The van der Waals surface area contributed by atoms with Crippen LogP contribution in [0.2, 0.25) is 0 Å². The van der Waals surface area contributed by atoms with E-state index in [1.54, 1.807) is 23.9 Å². The van der Waals surface area contributed by atoms with Crippen LogP contribution in [0, 0.1) is 0 Å². The maximum Gasteiger partial charge on any atom is 0.271 e. The second kappa shape index (κ2) is 7.46. The molecule has 0 unspecified atom stereocenters. The van der Waals surface area contributed by atoms with Crippen LogP contribution in [0.3, 0.4) is 0 Å². The summed E-state index contributed by atoms with van der Waals surface area (Å²) in [7, 11) is 1.53. The van der Waals surface area contributed by atoms with E-state index in [4.69, 9.17) is 9.73 Å². The summed E-state index contributed by atoms with van der Waals surface area (Å²) in [5.74, 6) is 1.27. The Morgan fingerprint density at radius 2 is 2.00 bits per heavy atom. The number of fused-ring (bicyclic) bond motifs is 1. The van der Waals surface area contributed by atoms with Crippen LogP contribution in [0.15, 0.2) is 28.0 Å². The minimum atomic E-state index is -0.164. The fourth-order valence-electron chi connectivity index (χ4n) is 4.08. The standard InChI is InChI=1S/C20H25N3O3S/c1-12-21-19-17(18(27-12)13-9-10-15(24)16(11-13)26-2)20(25)22-23(19)14-7-5-3-4-6-8-14/h9-11,14,18,24H,3-8H2,1-2H3,(H,22,25)/t18-/m0/s1. The molecular weight excluding hydrogens is 362 g/mol. The molecule has 0 bridgehead atoms. The molecule has 1 aliphatic carbocycles. The molecular formula is C20H25N3O3S. The van der Waals surface area contributed by atoms with Crippen molar-refractivity contribution in [3.05, 3.63) is 39.7 Å². The minimum absolute atomic E-state index is 0.0740. The number of ether oxygens (including phenoxy) is 1. The Morgan fingerprint density at radius 1 is 1.26 bits per heavy atom. The van der Waals surface area contributed by atoms with E-state index in [2.05, 4.69) is 5.10 Å². The SMILES string of the molecule is COc1cc([C@@H]2SC(C)=Nc3c2c(=O)[nH]n3C2CCCCCC2)ccc1O. The highest BCUT2D eigenvalue weighted by molar-refractivity contribution is 8.14. The lowest BCUT2D eigenvalue weighted by Crippen LogP contribution is -2.14. The van der Waals surface area contributed by atoms with Gasteiger partial charge >= 0.3 is 0 Å². The third-order valence-electron chi connectivity index (χ3n) is 5.45. The number of nitrogens with zero attached hydrogens (tertiary/aromatic N) is 2. The van der Waals surface area contributed by atoms with Crippen LogP contribution in [0.25, 0.3) is 0 Å². The normalized spacial score (nSPS) is 20.7. The Morgan fingerprint density at radius 3 is 2.70 bits per heavy atom. The first-order chi connectivity index (χ1) is 13.1. The van der Waals surface area contributed by atoms with Gasteiger partial charge in [-0.2, -0.15) is 0 Å². The molecule has 0 radical (unpaired) electrons. The summed E-state index contributed by atoms with van der Waals surface area (Å²) < 4.78 is 7.27. The van der Waals surface area contributed by atoms with Crippen molar-refractivity contribution in [2.75, 3.05) is 7.11 Å². The average Bonchev–Trinajstić information content (AvgIpc) is 2.84. The van der Waals surface area contributed by atoms with Gasteiger partial charge in [0.15, 0.2) is 17.3 Å². The Balaban J connectivity index is 1.79. The van der Waals surface area contributed by atoms with Crippen LogP contribution in [0.1, 0.15) is 67.9 Å². The Kier molecular flexibility index (Phi) is 5.04. The van der Waals surface area contributed by atoms with E-state index >= 15 is 0 Å². The first kappa shape index (κ1) is 18.2. The molecule has 7 heteroatoms. The Labute approximate surface area is 162 Å². The fraction of sp³-hybridized carbons (Fsp3) is 0.500. The van der Waals surface area contributed by atoms with E-state index in [0.29, 0.717) is 17.4 Å². The van der Waals surface area contributed by atoms with Gasteiger partial charge in [-0.25, -0.2) is 4.99 Å². The molecule has 144 valence electrons. The second-order valence-corrected chi connectivity index (χ2v) is 8.55. The van der Waals surface area contributed by atoms with Crippen molar-refractivity contribution in [1.29, 1.82) is 0 Å². The molecule has 2 aromatic rings. The zero-order valence-corrected chi connectivity index (χ0v) is 16.5. The molecule has 1 aromatic carbocycles. The number of nitrogens with one attached hydrogen (secondary N) is 1. The zero-order chi connectivity index (χ0) is 19.0. The van der Waals surface area contributed by atoms with Crippen molar-refractivity contribution in [3.8, 4) is 11.5 Å². The van der Waals surface area contributed by atoms with Crippen molar-refractivity contribution in [2.24, 2.45) is 4.99 Å². The number of phenols is 1. The summed E-state index contributed by atoms with van der Waals surface area (Å²) >= 11 is 1.56. The highest BCUT2D eigenvalue weighted by Gasteiger charge is 2.32. The maximum atomic E-state index is 12.9. The lowest BCUT2D eigenvalue weighted by atomic mass is 10.0. The number of rotatable bonds is 3. The van der Waals surface area contributed by atoms with Gasteiger partial charge in [-0.1, -0.05) is 43.5 Å². The van der Waals surface area contributed by atoms with E-state index in [1.165, 1.54) is 32.8 Å². The molecule has 6 nitrogen and oxygen atoms in total. The minimum Gasteiger partial charge on any atom is -0.504 e. The number of benzene rings is 1. The number of aromatic nitrogens is 2. The van der Waals surface area contributed by atoms with E-state index in [-0.39, 0.29) is 16.6 Å². The van der Waals surface area contributed by atoms with E-state index in [9.17, 15) is 9.90 Å². The van der Waals surface area contributed by atoms with Gasteiger partial charge in [0.25, 0.3) is 5.56 Å². The quantitative estimate of drug-likeness (QED) is 0.750. The zero-order valence-electron chi connectivity index (χ0n) is 15.7. The summed E-state index contributed by atoms with van der Waals surface area (Å²) in [5.41, 5.74) is 1.55. The second-order valence-electron chi connectivity index (χ2n) is 7.25. The summed E-state index contributed by atoms with van der Waals surface area (Å²) in [6.07, 6.45) is 7.06. The first-order valence-electron chi connectivity index (χ1n) is 9.51. The average molecular weight is 388 g/mol. The summed E-state index contributed by atoms with van der Waals surface area (Å²) in [6, 6.07) is 5.57. The lowest BCUT2D eigenvalue weighted by molar-refractivity contribution is 0.373. The molecule has 1 saturated carbocycles. The summed E-state index contributed by atoms with van der Waals surface area (Å²) in [6.45, 7) is 1.98. The van der Waals surface area contributed by atoms with Crippen molar-refractivity contribution < 1.29 is 9.84 Å². The smallest absolute Gasteiger partial charge is 0.271 e. The monoisotopic (exact) mass is 387 g/mol. The molecule has 1 aliphatic heterocycles. The third-order valence-corrected chi connectivity index (χ3v) is 6.62. The summed E-state index contributed by atoms with van der Waals surface area (Å²) in [4.78, 5) is 17.6. The molecule has 27 heavy (non-hydrogen) atoms. The van der Waals surface area contributed by atoms with Crippen molar-refractivity contribution in [3.63, 3.8) is 0 Å². The van der Waals surface area contributed by atoms with Gasteiger partial charge in [-0.3, -0.25) is 14.6 Å². The van der Waals surface area contributed by atoms with E-state index < -0.39 is 0 Å². The largest absolute Gasteiger partial charge is 0.504 e. The summed E-state index contributed by atoms with van der Waals surface area (Å²) in [5, 5.41) is 13.7. The molecule has 2 N–H and O–H groups in total. The van der Waals surface area contributed by atoms with Crippen molar-refractivity contribution >= 4 is 22.6 Å². The number of thioether (sulfide) groups is 1. The number of aromatic hydroxyl groups is 1.